The first kappa shape index (κ1) is 12.6. The van der Waals surface area contributed by atoms with E-state index in [2.05, 4.69) is 0 Å². The zero-order chi connectivity index (χ0) is 11.8. The molecule has 1 aromatic carbocycles. The first-order valence-corrected chi connectivity index (χ1v) is 6.16. The van der Waals surface area contributed by atoms with Crippen LogP contribution in [-0.2, 0) is 0 Å². The van der Waals surface area contributed by atoms with Crippen molar-refractivity contribution in [3.8, 4) is 0 Å². The van der Waals surface area contributed by atoms with E-state index in [4.69, 9.17) is 0 Å². The van der Waals surface area contributed by atoms with Crippen LogP contribution in [0, 0.1) is 23.3 Å². The molecule has 1 rings (SSSR count). The predicted octanol–water partition coefficient (Wildman–Crippen LogP) is 2.79. The minimum atomic E-state index is -1.74. The molecular weight excluding hydrogens is 271 g/mol. The molecule has 0 aliphatic rings. The fraction of sp³-hybridized carbons (Fsp3) is 0.400. The Morgan fingerprint density at radius 1 is 0.933 bits per heavy atom. The molecule has 5 heteroatoms. The Morgan fingerprint density at radius 2 is 1.47 bits per heavy atom. The summed E-state index contributed by atoms with van der Waals surface area (Å²) in [6.07, 6.45) is 0. The van der Waals surface area contributed by atoms with Crippen LogP contribution in [-0.4, -0.2) is 15.8 Å². The van der Waals surface area contributed by atoms with E-state index < -0.39 is 39.0 Å². The van der Waals surface area contributed by atoms with Crippen molar-refractivity contribution < 1.29 is 17.6 Å². The van der Waals surface area contributed by atoms with Gasteiger partial charge < -0.3 is 0 Å². The summed E-state index contributed by atoms with van der Waals surface area (Å²) in [5, 5.41) is 0. The third kappa shape index (κ3) is 2.97. The molecule has 0 spiro atoms. The molecule has 0 aromatic heterocycles. The van der Waals surface area contributed by atoms with Gasteiger partial charge in [-0.3, -0.25) is 0 Å². The van der Waals surface area contributed by atoms with Gasteiger partial charge in [0.2, 0.25) is 0 Å². The average Bonchev–Trinajstić information content (AvgIpc) is 2.08. The number of rotatable bonds is 1. The van der Waals surface area contributed by atoms with Crippen molar-refractivity contribution in [1.82, 2.24) is 0 Å². The van der Waals surface area contributed by atoms with Crippen LogP contribution in [0.25, 0.3) is 0 Å². The van der Waals surface area contributed by atoms with Crippen LogP contribution >= 0.6 is 0 Å². The molecule has 82 valence electrons. The number of halogens is 4. The van der Waals surface area contributed by atoms with Gasteiger partial charge in [-0.25, -0.2) is 0 Å². The van der Waals surface area contributed by atoms with E-state index in [1.165, 1.54) is 0 Å². The first-order chi connectivity index (χ1) is 6.72. The van der Waals surface area contributed by atoms with Crippen molar-refractivity contribution in [1.29, 1.82) is 0 Å². The molecule has 0 saturated carbocycles. The van der Waals surface area contributed by atoms with Gasteiger partial charge >= 0.3 is 92.0 Å². The average molecular weight is 281 g/mol. The van der Waals surface area contributed by atoms with E-state index in [0.29, 0.717) is 0 Å². The molecule has 0 amide bonds. The fourth-order valence-electron chi connectivity index (χ4n) is 1.00. The Labute approximate surface area is 92.4 Å². The zero-order valence-electron chi connectivity index (χ0n) is 8.54. The fourth-order valence-corrected chi connectivity index (χ4v) is 3.30. The summed E-state index contributed by atoms with van der Waals surface area (Å²) in [4.78, 5) is 0. The third-order valence-corrected chi connectivity index (χ3v) is 4.13. The van der Waals surface area contributed by atoms with Gasteiger partial charge in [0.05, 0.1) is 0 Å². The van der Waals surface area contributed by atoms with Gasteiger partial charge in [0.25, 0.3) is 0 Å². The van der Waals surface area contributed by atoms with Crippen LogP contribution < -0.4 is 4.35 Å². The Kier molecular flexibility index (Phi) is 3.49. The monoisotopic (exact) mass is 281 g/mol. The van der Waals surface area contributed by atoms with Gasteiger partial charge in [-0.1, -0.05) is 0 Å². The molecule has 0 N–H and O–H groups in total. The Morgan fingerprint density at radius 3 is 1.93 bits per heavy atom. The Balaban J connectivity index is 3.21. The second-order valence-corrected chi connectivity index (χ2v) is 8.40. The standard InChI is InChI=1S/C10H10AsF4/c1-10(2,3)11-5-4-6(12)8(14)9(15)7(5)13/h4H,1-3H3/q+1. The molecule has 0 unspecified atom stereocenters. The summed E-state index contributed by atoms with van der Waals surface area (Å²) in [5.74, 6) is -6.05. The summed E-state index contributed by atoms with van der Waals surface area (Å²) in [5.41, 5.74) is 0. The van der Waals surface area contributed by atoms with Crippen LogP contribution in [0.4, 0.5) is 17.6 Å². The molecule has 0 fully saturated rings. The summed E-state index contributed by atoms with van der Waals surface area (Å²) < 4.78 is 51.2. The number of benzene rings is 1. The molecule has 15 heavy (non-hydrogen) atoms. The molecule has 0 atom stereocenters. The van der Waals surface area contributed by atoms with Gasteiger partial charge in [0, 0.05) is 0 Å². The first-order valence-electron chi connectivity index (χ1n) is 4.28. The van der Waals surface area contributed by atoms with E-state index in [9.17, 15) is 17.6 Å². The molecule has 0 aliphatic heterocycles. The van der Waals surface area contributed by atoms with Crippen LogP contribution in [0.15, 0.2) is 6.07 Å². The SMILES string of the molecule is CC(C)(C)[As+]c1cc(F)c(F)c(F)c1F. The molecule has 0 nitrogen and oxygen atoms in total. The zero-order valence-corrected chi connectivity index (χ0v) is 10.4. The van der Waals surface area contributed by atoms with E-state index in [0.717, 1.165) is 6.07 Å². The Bertz CT molecular complexity index is 382. The number of hydrogen-bond acceptors (Lipinski definition) is 0. The van der Waals surface area contributed by atoms with Crippen molar-refractivity contribution >= 4 is 20.1 Å². The van der Waals surface area contributed by atoms with Gasteiger partial charge in [0.15, 0.2) is 0 Å². The van der Waals surface area contributed by atoms with Crippen molar-refractivity contribution in [2.24, 2.45) is 0 Å². The maximum absolute atomic E-state index is 13.2. The number of hydrogen-bond donors (Lipinski definition) is 0. The van der Waals surface area contributed by atoms with Crippen LogP contribution in [0.2, 0.25) is 4.20 Å². The second-order valence-electron chi connectivity index (χ2n) is 4.10. The molecule has 2 radical (unpaired) electrons. The van der Waals surface area contributed by atoms with Gasteiger partial charge in [-0.05, 0) is 0 Å². The molecule has 1 aromatic rings. The van der Waals surface area contributed by atoms with Gasteiger partial charge in [0.1, 0.15) is 0 Å². The van der Waals surface area contributed by atoms with Crippen molar-refractivity contribution in [3.05, 3.63) is 29.3 Å². The normalized spacial score (nSPS) is 12.7. The van der Waals surface area contributed by atoms with Crippen molar-refractivity contribution in [2.75, 3.05) is 0 Å². The second kappa shape index (κ2) is 4.17. The third-order valence-electron chi connectivity index (χ3n) is 1.54. The predicted molar refractivity (Wildman–Crippen MR) is 51.4 cm³/mol. The summed E-state index contributed by atoms with van der Waals surface area (Å²) >= 11 is -0.751. The summed E-state index contributed by atoms with van der Waals surface area (Å²) in [6.45, 7) is 5.52. The van der Waals surface area contributed by atoms with Crippen molar-refractivity contribution in [3.63, 3.8) is 0 Å². The van der Waals surface area contributed by atoms with E-state index in [1.54, 1.807) is 0 Å². The van der Waals surface area contributed by atoms with Crippen LogP contribution in [0.5, 0.6) is 0 Å². The van der Waals surface area contributed by atoms with Crippen molar-refractivity contribution in [2.45, 2.75) is 25.0 Å². The van der Waals surface area contributed by atoms with Gasteiger partial charge in [-0.15, -0.1) is 0 Å². The minimum absolute atomic E-state index is 0.0462. The molecule has 0 bridgehead atoms. The van der Waals surface area contributed by atoms with Gasteiger partial charge in [-0.2, -0.15) is 0 Å². The molecular formula is C10H10AsF4+. The quantitative estimate of drug-likeness (QED) is 0.321. The van der Waals surface area contributed by atoms with E-state index in [-0.39, 0.29) is 8.55 Å². The van der Waals surface area contributed by atoms with E-state index >= 15 is 0 Å². The van der Waals surface area contributed by atoms with E-state index in [1.807, 2.05) is 20.8 Å². The summed E-state index contributed by atoms with van der Waals surface area (Å²) in [7, 11) is 0. The molecule has 0 heterocycles. The Hall–Kier alpha value is -0.502. The molecule has 0 saturated heterocycles. The molecule has 0 aliphatic carbocycles. The topological polar surface area (TPSA) is 0 Å². The maximum atomic E-state index is 13.2. The summed E-state index contributed by atoms with van der Waals surface area (Å²) in [6, 6.07) is 0.749. The van der Waals surface area contributed by atoms with Crippen LogP contribution in [0.1, 0.15) is 20.8 Å². The van der Waals surface area contributed by atoms with Crippen LogP contribution in [0.3, 0.4) is 0 Å².